The van der Waals surface area contributed by atoms with E-state index in [1.165, 1.54) is 24.3 Å². The average molecular weight is 395 g/mol. The number of phenols is 1. The van der Waals surface area contributed by atoms with Crippen LogP contribution in [0.25, 0.3) is 11.0 Å². The van der Waals surface area contributed by atoms with Gasteiger partial charge in [0.25, 0.3) is 0 Å². The molecule has 0 bridgehead atoms. The largest absolute Gasteiger partial charge is 0.508 e. The van der Waals surface area contributed by atoms with E-state index in [9.17, 15) is 19.1 Å². The fourth-order valence-electron chi connectivity index (χ4n) is 3.64. The summed E-state index contributed by atoms with van der Waals surface area (Å²) < 4.78 is 18.4. The lowest BCUT2D eigenvalue weighted by Gasteiger charge is -2.23. The summed E-state index contributed by atoms with van der Waals surface area (Å²) in [5, 5.41) is 10.3. The average Bonchev–Trinajstić information content (AvgIpc) is 3.51. The SMILES string of the molecule is Cc1c(CC(=O)N(CCc2ccc(F)cc2)C2CC2)c(=O)oc2cc(O)ccc12. The number of benzene rings is 2. The van der Waals surface area contributed by atoms with Gasteiger partial charge in [-0.15, -0.1) is 0 Å². The molecule has 0 radical (unpaired) electrons. The maximum absolute atomic E-state index is 13.1. The number of aryl methyl sites for hydroxylation is 1. The first-order chi connectivity index (χ1) is 13.9. The maximum atomic E-state index is 13.1. The number of carbonyl (C=O) groups is 1. The summed E-state index contributed by atoms with van der Waals surface area (Å²) in [7, 11) is 0. The first kappa shape index (κ1) is 19.2. The minimum atomic E-state index is -0.553. The Bertz CT molecular complexity index is 1120. The molecule has 0 spiro atoms. The van der Waals surface area contributed by atoms with Crippen LogP contribution in [0.5, 0.6) is 5.75 Å². The molecule has 0 atom stereocenters. The number of halogens is 1. The van der Waals surface area contributed by atoms with Crippen LogP contribution in [0.4, 0.5) is 4.39 Å². The van der Waals surface area contributed by atoms with Gasteiger partial charge in [-0.3, -0.25) is 4.79 Å². The normalized spacial score (nSPS) is 13.6. The monoisotopic (exact) mass is 395 g/mol. The highest BCUT2D eigenvalue weighted by Crippen LogP contribution is 2.29. The van der Waals surface area contributed by atoms with Crippen LogP contribution in [0.1, 0.15) is 29.5 Å². The highest BCUT2D eigenvalue weighted by molar-refractivity contribution is 5.85. The van der Waals surface area contributed by atoms with Gasteiger partial charge in [0.05, 0.1) is 12.0 Å². The van der Waals surface area contributed by atoms with Crippen LogP contribution in [0, 0.1) is 12.7 Å². The first-order valence-corrected chi connectivity index (χ1v) is 9.71. The smallest absolute Gasteiger partial charge is 0.340 e. The van der Waals surface area contributed by atoms with Gasteiger partial charge in [0.1, 0.15) is 17.1 Å². The van der Waals surface area contributed by atoms with Crippen molar-refractivity contribution in [1.29, 1.82) is 0 Å². The third-order valence-corrected chi connectivity index (χ3v) is 5.46. The quantitative estimate of drug-likeness (QED) is 0.646. The van der Waals surface area contributed by atoms with Crippen LogP contribution in [0.2, 0.25) is 0 Å². The molecule has 1 saturated carbocycles. The number of carbonyl (C=O) groups excluding carboxylic acids is 1. The molecule has 1 aliphatic rings. The molecule has 4 rings (SSSR count). The summed E-state index contributed by atoms with van der Waals surface area (Å²) in [5.41, 5.74) is 1.76. The Morgan fingerprint density at radius 2 is 1.93 bits per heavy atom. The van der Waals surface area contributed by atoms with Crippen molar-refractivity contribution in [3.63, 3.8) is 0 Å². The van der Waals surface area contributed by atoms with Gasteiger partial charge in [-0.2, -0.15) is 0 Å². The van der Waals surface area contributed by atoms with Crippen molar-refractivity contribution in [1.82, 2.24) is 4.90 Å². The number of fused-ring (bicyclic) bond motifs is 1. The predicted octanol–water partition coefficient (Wildman–Crippen LogP) is 3.72. The highest BCUT2D eigenvalue weighted by Gasteiger charge is 2.32. The van der Waals surface area contributed by atoms with Gasteiger partial charge < -0.3 is 14.4 Å². The number of nitrogens with zero attached hydrogens (tertiary/aromatic N) is 1. The van der Waals surface area contributed by atoms with Crippen molar-refractivity contribution in [3.05, 3.63) is 75.4 Å². The molecule has 5 nitrogen and oxygen atoms in total. The van der Waals surface area contributed by atoms with Crippen molar-refractivity contribution in [2.45, 2.75) is 38.6 Å². The number of aromatic hydroxyl groups is 1. The Balaban J connectivity index is 1.54. The Hall–Kier alpha value is -3.15. The van der Waals surface area contributed by atoms with Crippen LogP contribution in [0.15, 0.2) is 51.7 Å². The Morgan fingerprint density at radius 3 is 2.62 bits per heavy atom. The van der Waals surface area contributed by atoms with Crippen LogP contribution in [0.3, 0.4) is 0 Å². The molecule has 1 aliphatic carbocycles. The summed E-state index contributed by atoms with van der Waals surface area (Å²) in [6.07, 6.45) is 2.53. The minimum absolute atomic E-state index is 0.0181. The van der Waals surface area contributed by atoms with E-state index in [0.717, 1.165) is 18.4 Å². The van der Waals surface area contributed by atoms with Gasteiger partial charge in [-0.05, 0) is 61.6 Å². The second kappa shape index (κ2) is 7.70. The van der Waals surface area contributed by atoms with Crippen LogP contribution in [-0.4, -0.2) is 28.5 Å². The van der Waals surface area contributed by atoms with Crippen molar-refractivity contribution in [2.24, 2.45) is 0 Å². The number of amides is 1. The zero-order chi connectivity index (χ0) is 20.5. The molecule has 1 aromatic heterocycles. The standard InChI is InChI=1S/C23H22FNO4/c1-14-19-9-8-18(26)12-21(19)29-23(28)20(14)13-22(27)25(17-6-7-17)11-10-15-2-4-16(24)5-3-15/h2-5,8-9,12,17,26H,6-7,10-11,13H2,1H3. The van der Waals surface area contributed by atoms with E-state index < -0.39 is 5.63 Å². The van der Waals surface area contributed by atoms with Crippen molar-refractivity contribution in [2.75, 3.05) is 6.54 Å². The van der Waals surface area contributed by atoms with Gasteiger partial charge in [0.2, 0.25) is 5.91 Å². The molecule has 1 amide bonds. The first-order valence-electron chi connectivity index (χ1n) is 9.71. The van der Waals surface area contributed by atoms with Crippen LogP contribution >= 0.6 is 0 Å². The fraction of sp³-hybridized carbons (Fsp3) is 0.304. The molecule has 6 heteroatoms. The maximum Gasteiger partial charge on any atom is 0.340 e. The molecule has 1 N–H and O–H groups in total. The second-order valence-corrected chi connectivity index (χ2v) is 7.55. The highest BCUT2D eigenvalue weighted by atomic mass is 19.1. The van der Waals surface area contributed by atoms with Crippen LogP contribution in [-0.2, 0) is 17.6 Å². The van der Waals surface area contributed by atoms with E-state index in [2.05, 4.69) is 0 Å². The molecule has 1 heterocycles. The third-order valence-electron chi connectivity index (χ3n) is 5.46. The van der Waals surface area contributed by atoms with Crippen molar-refractivity contribution < 1.29 is 18.7 Å². The summed E-state index contributed by atoms with van der Waals surface area (Å²) >= 11 is 0. The number of rotatable bonds is 6. The lowest BCUT2D eigenvalue weighted by Crippen LogP contribution is -2.37. The summed E-state index contributed by atoms with van der Waals surface area (Å²) in [6.45, 7) is 2.32. The Kier molecular flexibility index (Phi) is 5.09. The lowest BCUT2D eigenvalue weighted by molar-refractivity contribution is -0.131. The van der Waals surface area contributed by atoms with E-state index in [0.29, 0.717) is 35.1 Å². The molecule has 0 unspecified atom stereocenters. The van der Waals surface area contributed by atoms with Crippen LogP contribution < -0.4 is 5.63 Å². The number of hydrogen-bond acceptors (Lipinski definition) is 4. The molecular formula is C23H22FNO4. The topological polar surface area (TPSA) is 70.8 Å². The van der Waals surface area contributed by atoms with E-state index in [1.54, 1.807) is 25.1 Å². The van der Waals surface area contributed by atoms with Crippen molar-refractivity contribution in [3.8, 4) is 5.75 Å². The summed E-state index contributed by atoms with van der Waals surface area (Å²) in [6, 6.07) is 11.1. The van der Waals surface area contributed by atoms with Gasteiger partial charge >= 0.3 is 5.63 Å². The fourth-order valence-corrected chi connectivity index (χ4v) is 3.64. The summed E-state index contributed by atoms with van der Waals surface area (Å²) in [5.74, 6) is -0.372. The summed E-state index contributed by atoms with van der Waals surface area (Å²) in [4.78, 5) is 27.3. The second-order valence-electron chi connectivity index (χ2n) is 7.55. The number of hydrogen-bond donors (Lipinski definition) is 1. The van der Waals surface area contributed by atoms with E-state index >= 15 is 0 Å². The third kappa shape index (κ3) is 4.16. The minimum Gasteiger partial charge on any atom is -0.508 e. The van der Waals surface area contributed by atoms with E-state index in [-0.39, 0.29) is 29.9 Å². The van der Waals surface area contributed by atoms with Gasteiger partial charge in [-0.25, -0.2) is 9.18 Å². The Morgan fingerprint density at radius 1 is 1.21 bits per heavy atom. The molecule has 150 valence electrons. The van der Waals surface area contributed by atoms with E-state index in [1.807, 2.05) is 4.90 Å². The molecular weight excluding hydrogens is 373 g/mol. The lowest BCUT2D eigenvalue weighted by atomic mass is 10.0. The molecule has 0 saturated heterocycles. The molecule has 1 fully saturated rings. The predicted molar refractivity (Wildman–Crippen MR) is 107 cm³/mol. The Labute approximate surface area is 167 Å². The van der Waals surface area contributed by atoms with Gasteiger partial charge in [0, 0.05) is 24.0 Å². The molecule has 29 heavy (non-hydrogen) atoms. The molecule has 3 aromatic rings. The van der Waals surface area contributed by atoms with Crippen molar-refractivity contribution >= 4 is 16.9 Å². The molecule has 0 aliphatic heterocycles. The zero-order valence-corrected chi connectivity index (χ0v) is 16.2. The van der Waals surface area contributed by atoms with Gasteiger partial charge in [-0.1, -0.05) is 12.1 Å². The number of phenolic OH excluding ortho intramolecular Hbond substituents is 1. The molecule has 2 aromatic carbocycles. The van der Waals surface area contributed by atoms with E-state index in [4.69, 9.17) is 4.42 Å². The zero-order valence-electron chi connectivity index (χ0n) is 16.2. The van der Waals surface area contributed by atoms with Gasteiger partial charge in [0.15, 0.2) is 0 Å².